The lowest BCUT2D eigenvalue weighted by molar-refractivity contribution is -0.122. The SMILES string of the molecule is CC1CCC(C(N)=O)CN1c1c(N)cc(N)c(Cl)c1F. The molecule has 7 heteroatoms. The maximum atomic E-state index is 14.4. The molecule has 0 spiro atoms. The third kappa shape index (κ3) is 2.47. The number of carbonyl (C=O) groups is 1. The van der Waals surface area contributed by atoms with Gasteiger partial charge in [-0.05, 0) is 25.8 Å². The minimum Gasteiger partial charge on any atom is -0.397 e. The van der Waals surface area contributed by atoms with Gasteiger partial charge in [-0.2, -0.15) is 0 Å². The fourth-order valence-corrected chi connectivity index (χ4v) is 2.74. The monoisotopic (exact) mass is 300 g/mol. The number of anilines is 3. The van der Waals surface area contributed by atoms with Gasteiger partial charge < -0.3 is 22.1 Å². The number of hydrogen-bond donors (Lipinski definition) is 3. The molecule has 0 aliphatic carbocycles. The molecular weight excluding hydrogens is 283 g/mol. The van der Waals surface area contributed by atoms with Crippen LogP contribution in [0.4, 0.5) is 21.5 Å². The smallest absolute Gasteiger partial charge is 0.222 e. The molecule has 1 heterocycles. The topological polar surface area (TPSA) is 98.4 Å². The van der Waals surface area contributed by atoms with Crippen molar-refractivity contribution in [3.63, 3.8) is 0 Å². The molecule has 2 atom stereocenters. The van der Waals surface area contributed by atoms with Crippen molar-refractivity contribution in [2.24, 2.45) is 11.7 Å². The molecule has 0 saturated carbocycles. The van der Waals surface area contributed by atoms with Gasteiger partial charge in [0.2, 0.25) is 5.91 Å². The van der Waals surface area contributed by atoms with E-state index in [1.807, 2.05) is 6.92 Å². The van der Waals surface area contributed by atoms with Gasteiger partial charge in [0.1, 0.15) is 5.02 Å². The van der Waals surface area contributed by atoms with E-state index in [9.17, 15) is 9.18 Å². The molecular formula is C13H18ClFN4O. The van der Waals surface area contributed by atoms with Gasteiger partial charge in [0.15, 0.2) is 5.82 Å². The number of nitrogens with two attached hydrogens (primary N) is 3. The number of hydrogen-bond acceptors (Lipinski definition) is 4. The van der Waals surface area contributed by atoms with Crippen molar-refractivity contribution >= 4 is 34.6 Å². The number of nitrogens with zero attached hydrogens (tertiary/aromatic N) is 1. The minimum atomic E-state index is -0.652. The highest BCUT2D eigenvalue weighted by Gasteiger charge is 2.32. The number of carbonyl (C=O) groups excluding carboxylic acids is 1. The highest BCUT2D eigenvalue weighted by molar-refractivity contribution is 6.33. The van der Waals surface area contributed by atoms with E-state index < -0.39 is 5.82 Å². The van der Waals surface area contributed by atoms with Crippen LogP contribution in [0.25, 0.3) is 0 Å². The maximum Gasteiger partial charge on any atom is 0.222 e. The Morgan fingerprint density at radius 2 is 2.05 bits per heavy atom. The summed E-state index contributed by atoms with van der Waals surface area (Å²) in [6.45, 7) is 2.28. The molecule has 0 bridgehead atoms. The van der Waals surface area contributed by atoms with Crippen molar-refractivity contribution in [3.8, 4) is 0 Å². The van der Waals surface area contributed by atoms with Crippen LogP contribution in [-0.4, -0.2) is 18.5 Å². The van der Waals surface area contributed by atoms with Crippen molar-refractivity contribution in [2.75, 3.05) is 22.9 Å². The van der Waals surface area contributed by atoms with Crippen molar-refractivity contribution < 1.29 is 9.18 Å². The van der Waals surface area contributed by atoms with Crippen LogP contribution in [0, 0.1) is 11.7 Å². The molecule has 2 unspecified atom stereocenters. The first kappa shape index (κ1) is 14.7. The van der Waals surface area contributed by atoms with E-state index in [1.54, 1.807) is 4.90 Å². The second kappa shape index (κ2) is 5.36. The first-order chi connectivity index (χ1) is 9.32. The van der Waals surface area contributed by atoms with Gasteiger partial charge in [-0.15, -0.1) is 0 Å². The van der Waals surface area contributed by atoms with E-state index >= 15 is 0 Å². The summed E-state index contributed by atoms with van der Waals surface area (Å²) in [6.07, 6.45) is 1.42. The Morgan fingerprint density at radius 3 is 2.65 bits per heavy atom. The molecule has 5 nitrogen and oxygen atoms in total. The average Bonchev–Trinajstić information content (AvgIpc) is 2.38. The van der Waals surface area contributed by atoms with Crippen LogP contribution >= 0.6 is 11.6 Å². The van der Waals surface area contributed by atoms with Gasteiger partial charge in [-0.3, -0.25) is 4.79 Å². The fraction of sp³-hybridized carbons (Fsp3) is 0.462. The Morgan fingerprint density at radius 1 is 1.40 bits per heavy atom. The zero-order valence-electron chi connectivity index (χ0n) is 11.2. The Bertz CT molecular complexity index is 552. The van der Waals surface area contributed by atoms with Crippen LogP contribution < -0.4 is 22.1 Å². The van der Waals surface area contributed by atoms with Crippen molar-refractivity contribution in [1.82, 2.24) is 0 Å². The molecule has 1 aliphatic heterocycles. The second-order valence-corrected chi connectivity index (χ2v) is 5.59. The normalized spacial score (nSPS) is 22.9. The molecule has 6 N–H and O–H groups in total. The molecule has 1 aliphatic rings. The lowest BCUT2D eigenvalue weighted by Crippen LogP contribution is -2.46. The van der Waals surface area contributed by atoms with E-state index in [0.29, 0.717) is 13.0 Å². The summed E-state index contributed by atoms with van der Waals surface area (Å²) >= 11 is 5.85. The van der Waals surface area contributed by atoms with Crippen LogP contribution in [0.5, 0.6) is 0 Å². The van der Waals surface area contributed by atoms with Gasteiger partial charge in [0, 0.05) is 12.6 Å². The Kier molecular flexibility index (Phi) is 3.94. The zero-order chi connectivity index (χ0) is 15.0. The quantitative estimate of drug-likeness (QED) is 0.724. The molecule has 1 aromatic rings. The van der Waals surface area contributed by atoms with Crippen molar-refractivity contribution in [1.29, 1.82) is 0 Å². The van der Waals surface area contributed by atoms with E-state index in [1.165, 1.54) is 6.07 Å². The van der Waals surface area contributed by atoms with Gasteiger partial charge in [0.25, 0.3) is 0 Å². The molecule has 110 valence electrons. The molecule has 1 amide bonds. The number of amides is 1. The van der Waals surface area contributed by atoms with Gasteiger partial charge in [-0.1, -0.05) is 11.6 Å². The summed E-state index contributed by atoms with van der Waals surface area (Å²) in [7, 11) is 0. The highest BCUT2D eigenvalue weighted by atomic mass is 35.5. The van der Waals surface area contributed by atoms with Crippen LogP contribution in [0.1, 0.15) is 19.8 Å². The first-order valence-electron chi connectivity index (χ1n) is 6.41. The number of halogens is 2. The summed E-state index contributed by atoms with van der Waals surface area (Å²) in [5, 5.41) is -0.150. The molecule has 1 aromatic carbocycles. The van der Waals surface area contributed by atoms with Crippen LogP contribution in [-0.2, 0) is 4.79 Å². The Balaban J connectivity index is 2.44. The predicted molar refractivity (Wildman–Crippen MR) is 79.0 cm³/mol. The third-order valence-electron chi connectivity index (χ3n) is 3.81. The average molecular weight is 301 g/mol. The summed E-state index contributed by atoms with van der Waals surface area (Å²) in [5.41, 5.74) is 17.3. The summed E-state index contributed by atoms with van der Waals surface area (Å²) < 4.78 is 14.4. The maximum absolute atomic E-state index is 14.4. The summed E-state index contributed by atoms with van der Waals surface area (Å²) in [4.78, 5) is 13.1. The lowest BCUT2D eigenvalue weighted by atomic mass is 9.92. The van der Waals surface area contributed by atoms with Crippen LogP contribution in [0.2, 0.25) is 5.02 Å². The molecule has 2 rings (SSSR count). The largest absolute Gasteiger partial charge is 0.397 e. The zero-order valence-corrected chi connectivity index (χ0v) is 12.0. The number of rotatable bonds is 2. The Hall–Kier alpha value is -1.69. The highest BCUT2D eigenvalue weighted by Crippen LogP contribution is 2.39. The molecule has 1 fully saturated rings. The van der Waals surface area contributed by atoms with Gasteiger partial charge >= 0.3 is 0 Å². The van der Waals surface area contributed by atoms with Crippen LogP contribution in [0.3, 0.4) is 0 Å². The lowest BCUT2D eigenvalue weighted by Gasteiger charge is -2.39. The number of piperidine rings is 1. The van der Waals surface area contributed by atoms with Gasteiger partial charge in [0.05, 0.1) is 23.0 Å². The van der Waals surface area contributed by atoms with E-state index in [4.69, 9.17) is 28.8 Å². The standard InChI is InChI=1S/C13H18ClFN4O/c1-6-2-3-7(13(18)20)5-19(6)12-9(17)4-8(16)10(14)11(12)15/h4,6-7H,2-3,5,16-17H2,1H3,(H2,18,20). The van der Waals surface area contributed by atoms with Crippen molar-refractivity contribution in [2.45, 2.75) is 25.8 Å². The summed E-state index contributed by atoms with van der Waals surface area (Å²) in [5.74, 6) is -1.36. The van der Waals surface area contributed by atoms with E-state index in [2.05, 4.69) is 0 Å². The molecule has 1 saturated heterocycles. The van der Waals surface area contributed by atoms with Crippen LogP contribution in [0.15, 0.2) is 6.07 Å². The molecule has 20 heavy (non-hydrogen) atoms. The molecule has 0 aromatic heterocycles. The number of nitrogen functional groups attached to an aromatic ring is 2. The van der Waals surface area contributed by atoms with E-state index in [0.717, 1.165) is 6.42 Å². The first-order valence-corrected chi connectivity index (χ1v) is 6.79. The molecule has 0 radical (unpaired) electrons. The van der Waals surface area contributed by atoms with Crippen molar-refractivity contribution in [3.05, 3.63) is 16.9 Å². The number of benzene rings is 1. The number of primary amides is 1. The fourth-order valence-electron chi connectivity index (χ4n) is 2.60. The summed E-state index contributed by atoms with van der Waals surface area (Å²) in [6, 6.07) is 1.48. The second-order valence-electron chi connectivity index (χ2n) is 5.21. The van der Waals surface area contributed by atoms with Gasteiger partial charge in [-0.25, -0.2) is 4.39 Å². The minimum absolute atomic E-state index is 0.0436. The Labute approximate surface area is 121 Å². The van der Waals surface area contributed by atoms with E-state index in [-0.39, 0.29) is 40.0 Å². The predicted octanol–water partition coefficient (Wildman–Crippen LogP) is 1.73. The third-order valence-corrected chi connectivity index (χ3v) is 4.19.